The molecule has 1 atom stereocenters. The lowest BCUT2D eigenvalue weighted by Crippen LogP contribution is -2.63. The summed E-state index contributed by atoms with van der Waals surface area (Å²) in [5.41, 5.74) is 2.05. The van der Waals surface area contributed by atoms with Crippen LogP contribution in [0.5, 0.6) is 0 Å². The van der Waals surface area contributed by atoms with Crippen LogP contribution in [0.3, 0.4) is 0 Å². The van der Waals surface area contributed by atoms with Gasteiger partial charge in [-0.1, -0.05) is 24.3 Å². The van der Waals surface area contributed by atoms with Gasteiger partial charge in [0, 0.05) is 46.3 Å². The van der Waals surface area contributed by atoms with Crippen molar-refractivity contribution >= 4 is 12.1 Å². The minimum Gasteiger partial charge on any atom is -0.444 e. The second kappa shape index (κ2) is 10.3. The standard InChI is InChI=1S/C23H37N5O3/c1-17-13-27(9-10-30-17)14-19-8-6-7-18(11-19)12-25-21(24-5)26-20-15-28(16-20)22(29)31-23(2,3)4/h6-8,11,17,20H,9-10,12-16H2,1-5H3,(H2,24,25,26). The Hall–Kier alpha value is -2.32. The number of carbonyl (C=O) groups is 1. The van der Waals surface area contributed by atoms with Gasteiger partial charge in [-0.15, -0.1) is 0 Å². The zero-order valence-corrected chi connectivity index (χ0v) is 19.5. The molecule has 1 aromatic rings. The first kappa shape index (κ1) is 23.3. The second-order valence-corrected chi connectivity index (χ2v) is 9.39. The minimum atomic E-state index is -0.470. The lowest BCUT2D eigenvalue weighted by Gasteiger charge is -2.40. The van der Waals surface area contributed by atoms with E-state index in [1.807, 2.05) is 20.8 Å². The first-order valence-electron chi connectivity index (χ1n) is 11.1. The number of guanidine groups is 1. The maximum absolute atomic E-state index is 12.1. The first-order chi connectivity index (χ1) is 14.7. The summed E-state index contributed by atoms with van der Waals surface area (Å²) in [5, 5.41) is 6.75. The number of rotatable bonds is 5. The largest absolute Gasteiger partial charge is 0.444 e. The number of likely N-dealkylation sites (tertiary alicyclic amines) is 1. The number of amides is 1. The maximum atomic E-state index is 12.1. The number of carbonyl (C=O) groups excluding carboxylic acids is 1. The van der Waals surface area contributed by atoms with E-state index in [1.54, 1.807) is 11.9 Å². The Morgan fingerprint density at radius 2 is 2.00 bits per heavy atom. The number of nitrogens with zero attached hydrogens (tertiary/aromatic N) is 3. The Morgan fingerprint density at radius 3 is 2.68 bits per heavy atom. The predicted octanol–water partition coefficient (Wildman–Crippen LogP) is 2.19. The van der Waals surface area contributed by atoms with Crippen LogP contribution in [0.4, 0.5) is 4.79 Å². The molecule has 0 aliphatic carbocycles. The molecule has 172 valence electrons. The maximum Gasteiger partial charge on any atom is 0.410 e. The first-order valence-corrected chi connectivity index (χ1v) is 11.1. The quantitative estimate of drug-likeness (QED) is 0.550. The van der Waals surface area contributed by atoms with Crippen molar-refractivity contribution in [1.82, 2.24) is 20.4 Å². The van der Waals surface area contributed by atoms with E-state index in [2.05, 4.69) is 51.7 Å². The third-order valence-corrected chi connectivity index (χ3v) is 5.28. The number of aliphatic imine (C=N–C) groups is 1. The van der Waals surface area contributed by atoms with Crippen LogP contribution in [0.1, 0.15) is 38.8 Å². The van der Waals surface area contributed by atoms with E-state index < -0.39 is 5.60 Å². The van der Waals surface area contributed by atoms with E-state index in [-0.39, 0.29) is 12.1 Å². The lowest BCUT2D eigenvalue weighted by molar-refractivity contribution is -0.0212. The average Bonchev–Trinajstić information content (AvgIpc) is 2.65. The molecule has 0 bridgehead atoms. The molecule has 2 N–H and O–H groups in total. The van der Waals surface area contributed by atoms with Gasteiger partial charge in [0.05, 0.1) is 18.8 Å². The summed E-state index contributed by atoms with van der Waals surface area (Å²) < 4.78 is 11.0. The fraction of sp³-hybridized carbons (Fsp3) is 0.652. The molecule has 2 heterocycles. The number of ether oxygens (including phenoxy) is 2. The fourth-order valence-electron chi connectivity index (χ4n) is 3.75. The zero-order chi connectivity index (χ0) is 22.4. The SMILES string of the molecule is CN=C(NCc1cccc(CN2CCOC(C)C2)c1)NC1CN(C(=O)OC(C)(C)C)C1. The van der Waals surface area contributed by atoms with Crippen molar-refractivity contribution in [2.45, 2.75) is 58.5 Å². The number of morpholine rings is 1. The molecule has 31 heavy (non-hydrogen) atoms. The molecular formula is C23H37N5O3. The Balaban J connectivity index is 1.42. The van der Waals surface area contributed by atoms with Gasteiger partial charge in [0.25, 0.3) is 0 Å². The Morgan fingerprint density at radius 1 is 1.26 bits per heavy atom. The van der Waals surface area contributed by atoms with Crippen molar-refractivity contribution in [2.24, 2.45) is 4.99 Å². The van der Waals surface area contributed by atoms with Crippen molar-refractivity contribution in [3.8, 4) is 0 Å². The van der Waals surface area contributed by atoms with Crippen LogP contribution < -0.4 is 10.6 Å². The topological polar surface area (TPSA) is 78.4 Å². The molecule has 8 nitrogen and oxygen atoms in total. The molecule has 2 fully saturated rings. The van der Waals surface area contributed by atoms with Gasteiger partial charge in [-0.3, -0.25) is 9.89 Å². The molecular weight excluding hydrogens is 394 g/mol. The summed E-state index contributed by atoms with van der Waals surface area (Å²) in [6.07, 6.45) is 0.0331. The summed E-state index contributed by atoms with van der Waals surface area (Å²) in [7, 11) is 1.76. The summed E-state index contributed by atoms with van der Waals surface area (Å²) in [6.45, 7) is 13.4. The lowest BCUT2D eigenvalue weighted by atomic mass is 10.1. The molecule has 1 aromatic carbocycles. The highest BCUT2D eigenvalue weighted by Gasteiger charge is 2.34. The Kier molecular flexibility index (Phi) is 7.78. The smallest absolute Gasteiger partial charge is 0.410 e. The van der Waals surface area contributed by atoms with E-state index in [0.29, 0.717) is 25.7 Å². The monoisotopic (exact) mass is 431 g/mol. The van der Waals surface area contributed by atoms with Gasteiger partial charge < -0.3 is 25.0 Å². The summed E-state index contributed by atoms with van der Waals surface area (Å²) in [6, 6.07) is 8.83. The van der Waals surface area contributed by atoms with Gasteiger partial charge in [0.15, 0.2) is 5.96 Å². The van der Waals surface area contributed by atoms with Crippen LogP contribution in [0.15, 0.2) is 29.3 Å². The van der Waals surface area contributed by atoms with E-state index in [1.165, 1.54) is 11.1 Å². The third-order valence-electron chi connectivity index (χ3n) is 5.28. The fourth-order valence-corrected chi connectivity index (χ4v) is 3.75. The second-order valence-electron chi connectivity index (χ2n) is 9.39. The molecule has 2 aliphatic heterocycles. The number of nitrogens with one attached hydrogen (secondary N) is 2. The van der Waals surface area contributed by atoms with Crippen molar-refractivity contribution in [3.63, 3.8) is 0 Å². The molecule has 0 radical (unpaired) electrons. The molecule has 2 saturated heterocycles. The van der Waals surface area contributed by atoms with Crippen LogP contribution in [0, 0.1) is 0 Å². The van der Waals surface area contributed by atoms with Crippen LogP contribution in [-0.2, 0) is 22.6 Å². The molecule has 0 spiro atoms. The molecule has 1 unspecified atom stereocenters. The Labute approximate surface area is 186 Å². The van der Waals surface area contributed by atoms with Crippen LogP contribution >= 0.6 is 0 Å². The normalized spacial score (nSPS) is 20.9. The van der Waals surface area contributed by atoms with Crippen LogP contribution in [-0.4, -0.2) is 79.4 Å². The average molecular weight is 432 g/mol. The summed E-state index contributed by atoms with van der Waals surface area (Å²) in [5.74, 6) is 0.737. The van der Waals surface area contributed by atoms with Gasteiger partial charge in [-0.05, 0) is 38.8 Å². The highest BCUT2D eigenvalue weighted by molar-refractivity contribution is 5.80. The molecule has 3 rings (SSSR count). The highest BCUT2D eigenvalue weighted by Crippen LogP contribution is 2.15. The molecule has 8 heteroatoms. The van der Waals surface area contributed by atoms with E-state index in [0.717, 1.165) is 32.2 Å². The number of hydrogen-bond acceptors (Lipinski definition) is 5. The van der Waals surface area contributed by atoms with Crippen molar-refractivity contribution < 1.29 is 14.3 Å². The van der Waals surface area contributed by atoms with Crippen LogP contribution in [0.2, 0.25) is 0 Å². The van der Waals surface area contributed by atoms with Gasteiger partial charge in [-0.25, -0.2) is 4.79 Å². The van der Waals surface area contributed by atoms with E-state index >= 15 is 0 Å². The minimum absolute atomic E-state index is 0.174. The van der Waals surface area contributed by atoms with Crippen molar-refractivity contribution in [2.75, 3.05) is 39.8 Å². The Bertz CT molecular complexity index is 771. The third kappa shape index (κ3) is 7.40. The molecule has 2 aliphatic rings. The van der Waals surface area contributed by atoms with Crippen molar-refractivity contribution in [3.05, 3.63) is 35.4 Å². The van der Waals surface area contributed by atoms with Gasteiger partial charge in [0.2, 0.25) is 0 Å². The van der Waals surface area contributed by atoms with E-state index in [4.69, 9.17) is 9.47 Å². The van der Waals surface area contributed by atoms with Crippen LogP contribution in [0.25, 0.3) is 0 Å². The highest BCUT2D eigenvalue weighted by atomic mass is 16.6. The number of hydrogen-bond donors (Lipinski definition) is 2. The summed E-state index contributed by atoms with van der Waals surface area (Å²) >= 11 is 0. The number of benzene rings is 1. The predicted molar refractivity (Wildman–Crippen MR) is 122 cm³/mol. The zero-order valence-electron chi connectivity index (χ0n) is 19.5. The molecule has 0 aromatic heterocycles. The van der Waals surface area contributed by atoms with E-state index in [9.17, 15) is 4.79 Å². The molecule has 1 amide bonds. The molecule has 0 saturated carbocycles. The van der Waals surface area contributed by atoms with Gasteiger partial charge >= 0.3 is 6.09 Å². The van der Waals surface area contributed by atoms with Gasteiger partial charge in [-0.2, -0.15) is 0 Å². The van der Waals surface area contributed by atoms with Crippen molar-refractivity contribution in [1.29, 1.82) is 0 Å². The van der Waals surface area contributed by atoms with Gasteiger partial charge in [0.1, 0.15) is 5.60 Å². The summed E-state index contributed by atoms with van der Waals surface area (Å²) in [4.78, 5) is 20.5.